The predicted octanol–water partition coefficient (Wildman–Crippen LogP) is 2.97. The van der Waals surface area contributed by atoms with E-state index in [1.807, 2.05) is 19.1 Å². The lowest BCUT2D eigenvalue weighted by Gasteiger charge is -2.11. The highest BCUT2D eigenvalue weighted by Crippen LogP contribution is 2.29. The van der Waals surface area contributed by atoms with Gasteiger partial charge in [-0.25, -0.2) is 4.79 Å². The molecule has 0 saturated carbocycles. The second kappa shape index (κ2) is 7.92. The average Bonchev–Trinajstić information content (AvgIpc) is 3.11. The SMILES string of the molecule is COc1ccc(OC)c(NC(=O)Nc2n[n+](-c3cccc(C)c3Cl)no2)c1. The number of hydrogen-bond donors (Lipinski definition) is 2. The van der Waals surface area contributed by atoms with Gasteiger partial charge in [0.2, 0.25) is 5.27 Å². The fourth-order valence-corrected chi connectivity index (χ4v) is 2.50. The van der Waals surface area contributed by atoms with Crippen LogP contribution in [0.2, 0.25) is 5.02 Å². The van der Waals surface area contributed by atoms with E-state index in [9.17, 15) is 4.79 Å². The largest absolute Gasteiger partial charge is 0.497 e. The van der Waals surface area contributed by atoms with Gasteiger partial charge in [0.05, 0.1) is 25.0 Å². The quantitative estimate of drug-likeness (QED) is 0.649. The number of urea groups is 1. The number of carbonyl (C=O) groups is 1. The molecule has 0 bridgehead atoms. The Hall–Kier alpha value is -3.33. The Morgan fingerprint density at radius 3 is 2.74 bits per heavy atom. The minimum Gasteiger partial charge on any atom is -0.497 e. The van der Waals surface area contributed by atoms with Crippen LogP contribution in [0.4, 0.5) is 16.5 Å². The zero-order chi connectivity index (χ0) is 19.4. The van der Waals surface area contributed by atoms with Crippen molar-refractivity contribution < 1.29 is 23.6 Å². The molecular formula is C17H17ClN5O4+. The molecule has 2 amide bonds. The van der Waals surface area contributed by atoms with Crippen LogP contribution in [0.1, 0.15) is 5.56 Å². The van der Waals surface area contributed by atoms with Crippen LogP contribution < -0.4 is 24.9 Å². The minimum atomic E-state index is -0.590. The van der Waals surface area contributed by atoms with E-state index in [-0.39, 0.29) is 6.01 Å². The number of hydrogen-bond acceptors (Lipinski definition) is 6. The molecular weight excluding hydrogens is 374 g/mol. The lowest BCUT2D eigenvalue weighted by Crippen LogP contribution is -2.36. The number of nitrogens with one attached hydrogen (secondary N) is 2. The third kappa shape index (κ3) is 4.09. The highest BCUT2D eigenvalue weighted by atomic mass is 35.5. The number of carbonyl (C=O) groups excluding carboxylic acids is 1. The van der Waals surface area contributed by atoms with Gasteiger partial charge < -0.3 is 14.8 Å². The fourth-order valence-electron chi connectivity index (χ4n) is 2.29. The maximum Gasteiger partial charge on any atom is 0.397 e. The fraction of sp³-hybridized carbons (Fsp3) is 0.176. The van der Waals surface area contributed by atoms with E-state index >= 15 is 0 Å². The van der Waals surface area contributed by atoms with Crippen molar-refractivity contribution in [1.82, 2.24) is 10.4 Å². The summed E-state index contributed by atoms with van der Waals surface area (Å²) in [5.41, 5.74) is 1.82. The average molecular weight is 391 g/mol. The van der Waals surface area contributed by atoms with E-state index in [0.29, 0.717) is 27.9 Å². The molecule has 1 aromatic heterocycles. The predicted molar refractivity (Wildman–Crippen MR) is 97.8 cm³/mol. The van der Waals surface area contributed by atoms with Crippen molar-refractivity contribution in [3.8, 4) is 17.2 Å². The van der Waals surface area contributed by atoms with Gasteiger partial charge in [0.25, 0.3) is 5.69 Å². The van der Waals surface area contributed by atoms with E-state index in [1.54, 1.807) is 24.3 Å². The summed E-state index contributed by atoms with van der Waals surface area (Å²) in [6.45, 7) is 1.86. The van der Waals surface area contributed by atoms with E-state index < -0.39 is 6.03 Å². The normalized spacial score (nSPS) is 10.4. The van der Waals surface area contributed by atoms with Gasteiger partial charge in [0.15, 0.2) is 0 Å². The van der Waals surface area contributed by atoms with Crippen molar-refractivity contribution >= 4 is 29.3 Å². The van der Waals surface area contributed by atoms with Gasteiger partial charge in [0, 0.05) is 12.1 Å². The van der Waals surface area contributed by atoms with Crippen LogP contribution in [-0.2, 0) is 0 Å². The van der Waals surface area contributed by atoms with E-state index in [4.69, 9.17) is 25.6 Å². The van der Waals surface area contributed by atoms with Crippen molar-refractivity contribution in [2.24, 2.45) is 0 Å². The maximum atomic E-state index is 12.2. The summed E-state index contributed by atoms with van der Waals surface area (Å²) in [7, 11) is 3.02. The first kappa shape index (κ1) is 18.5. The van der Waals surface area contributed by atoms with E-state index in [1.165, 1.54) is 19.0 Å². The topological polar surface area (TPSA) is 102 Å². The lowest BCUT2D eigenvalue weighted by molar-refractivity contribution is -0.724. The van der Waals surface area contributed by atoms with Crippen LogP contribution in [0.15, 0.2) is 40.9 Å². The monoisotopic (exact) mass is 390 g/mol. The Labute approximate surface area is 159 Å². The highest BCUT2D eigenvalue weighted by molar-refractivity contribution is 6.32. The molecule has 3 aromatic rings. The summed E-state index contributed by atoms with van der Waals surface area (Å²) in [5.74, 6) is 1.04. The van der Waals surface area contributed by atoms with E-state index in [2.05, 4.69) is 21.0 Å². The third-order valence-electron chi connectivity index (χ3n) is 3.65. The molecule has 0 saturated heterocycles. The van der Waals surface area contributed by atoms with Crippen molar-refractivity contribution in [2.75, 3.05) is 24.9 Å². The van der Waals surface area contributed by atoms with Gasteiger partial charge in [-0.1, -0.05) is 23.7 Å². The number of halogens is 1. The number of methoxy groups -OCH3 is 2. The van der Waals surface area contributed by atoms with Crippen LogP contribution >= 0.6 is 11.6 Å². The third-order valence-corrected chi connectivity index (χ3v) is 4.14. The zero-order valence-electron chi connectivity index (χ0n) is 14.8. The molecule has 0 aliphatic heterocycles. The Balaban J connectivity index is 1.74. The summed E-state index contributed by atoms with van der Waals surface area (Å²) in [4.78, 5) is 13.4. The minimum absolute atomic E-state index is 0.105. The molecule has 2 N–H and O–H groups in total. The molecule has 27 heavy (non-hydrogen) atoms. The van der Waals surface area contributed by atoms with Gasteiger partial charge in [-0.3, -0.25) is 9.84 Å². The van der Waals surface area contributed by atoms with Gasteiger partial charge in [0.1, 0.15) is 21.3 Å². The number of aryl methyl sites for hydroxylation is 1. The maximum absolute atomic E-state index is 12.2. The molecule has 10 heteroatoms. The Kier molecular flexibility index (Phi) is 5.41. The summed E-state index contributed by atoms with van der Waals surface area (Å²) in [6.07, 6.45) is 0. The molecule has 0 aliphatic rings. The summed E-state index contributed by atoms with van der Waals surface area (Å²) in [6, 6.07) is 9.73. The number of benzene rings is 2. The molecule has 140 valence electrons. The van der Waals surface area contributed by atoms with Crippen LogP contribution in [-0.4, -0.2) is 30.6 Å². The number of nitrogens with zero attached hydrogens (tertiary/aromatic N) is 3. The van der Waals surface area contributed by atoms with Crippen molar-refractivity contribution in [3.05, 3.63) is 47.0 Å². The number of anilines is 2. The second-order valence-electron chi connectivity index (χ2n) is 5.42. The molecule has 2 aromatic carbocycles. The molecule has 0 aliphatic carbocycles. The summed E-state index contributed by atoms with van der Waals surface area (Å²) in [5, 5.41) is 13.4. The van der Waals surface area contributed by atoms with E-state index in [0.717, 1.165) is 5.56 Å². The molecule has 0 spiro atoms. The number of aromatic nitrogens is 3. The van der Waals surface area contributed by atoms with Crippen LogP contribution in [0, 0.1) is 6.92 Å². The smallest absolute Gasteiger partial charge is 0.397 e. The zero-order valence-corrected chi connectivity index (χ0v) is 15.6. The first-order valence-electron chi connectivity index (χ1n) is 7.83. The second-order valence-corrected chi connectivity index (χ2v) is 5.80. The number of ether oxygens (including phenoxy) is 2. The Morgan fingerprint density at radius 1 is 1.19 bits per heavy atom. The van der Waals surface area contributed by atoms with Gasteiger partial charge in [-0.2, -0.15) is 0 Å². The van der Waals surface area contributed by atoms with Crippen molar-refractivity contribution in [3.63, 3.8) is 0 Å². The molecule has 0 unspecified atom stereocenters. The molecule has 1 heterocycles. The van der Waals surface area contributed by atoms with Gasteiger partial charge in [-0.15, -0.1) is 0 Å². The van der Waals surface area contributed by atoms with Crippen molar-refractivity contribution in [1.29, 1.82) is 0 Å². The standard InChI is InChI=1S/C17H16ClN5O4/c1-10-5-4-6-13(15(10)18)23-21-17(27-22-23)20-16(24)19-12-9-11(25-2)7-8-14(12)26-3/h4-9H,1-3H3,(H-,19,20,21,22,24)/p+1. The highest BCUT2D eigenvalue weighted by Gasteiger charge is 2.23. The number of amides is 2. The van der Waals surface area contributed by atoms with Crippen LogP contribution in [0.25, 0.3) is 5.69 Å². The Bertz CT molecular complexity index is 976. The van der Waals surface area contributed by atoms with Crippen LogP contribution in [0.5, 0.6) is 11.5 Å². The molecule has 0 fully saturated rings. The lowest BCUT2D eigenvalue weighted by atomic mass is 10.2. The molecule has 0 radical (unpaired) electrons. The summed E-state index contributed by atoms with van der Waals surface area (Å²) < 4.78 is 15.4. The number of rotatable bonds is 5. The molecule has 9 nitrogen and oxygen atoms in total. The first-order valence-corrected chi connectivity index (χ1v) is 8.21. The Morgan fingerprint density at radius 2 is 2.00 bits per heavy atom. The first-order chi connectivity index (χ1) is 13.0. The van der Waals surface area contributed by atoms with Crippen LogP contribution in [0.3, 0.4) is 0 Å². The summed E-state index contributed by atoms with van der Waals surface area (Å²) >= 11 is 6.24. The van der Waals surface area contributed by atoms with Crippen molar-refractivity contribution in [2.45, 2.75) is 6.92 Å². The molecule has 0 atom stereocenters. The van der Waals surface area contributed by atoms with Gasteiger partial charge >= 0.3 is 12.0 Å². The van der Waals surface area contributed by atoms with Gasteiger partial charge in [-0.05, 0) is 24.6 Å². The molecule has 3 rings (SSSR count).